The van der Waals surface area contributed by atoms with E-state index in [4.69, 9.17) is 17.3 Å². The third-order valence-electron chi connectivity index (χ3n) is 2.40. The molecule has 0 aliphatic carbocycles. The largest absolute Gasteiger partial charge is 0.399 e. The number of hydrogen-bond acceptors (Lipinski definition) is 4. The van der Waals surface area contributed by atoms with Gasteiger partial charge in [-0.25, -0.2) is 13.4 Å². The summed E-state index contributed by atoms with van der Waals surface area (Å²) in [5.41, 5.74) is 6.83. The fourth-order valence-electron chi connectivity index (χ4n) is 1.52. The molecule has 5 nitrogen and oxygen atoms in total. The fourth-order valence-corrected chi connectivity index (χ4v) is 3.07. The van der Waals surface area contributed by atoms with Crippen molar-refractivity contribution in [2.24, 2.45) is 0 Å². The normalized spacial score (nSPS) is 11.3. The molecular weight excluding hydrogens is 286 g/mol. The zero-order valence-electron chi connectivity index (χ0n) is 10.1. The van der Waals surface area contributed by atoms with E-state index in [0.717, 1.165) is 5.56 Å². The van der Waals surface area contributed by atoms with Crippen LogP contribution in [0.4, 0.5) is 11.5 Å². The number of pyridine rings is 1. The minimum Gasteiger partial charge on any atom is -0.399 e. The molecule has 0 unspecified atom stereocenters. The van der Waals surface area contributed by atoms with Gasteiger partial charge >= 0.3 is 0 Å². The van der Waals surface area contributed by atoms with Crippen LogP contribution in [0.25, 0.3) is 0 Å². The highest BCUT2D eigenvalue weighted by Gasteiger charge is 2.18. The summed E-state index contributed by atoms with van der Waals surface area (Å²) in [7, 11) is -3.78. The van der Waals surface area contributed by atoms with Crippen LogP contribution in [0.3, 0.4) is 0 Å². The van der Waals surface area contributed by atoms with Crippen LogP contribution in [-0.2, 0) is 10.0 Å². The number of nitrogens with one attached hydrogen (secondary N) is 1. The number of nitrogens with two attached hydrogens (primary N) is 1. The number of aromatic nitrogens is 1. The highest BCUT2D eigenvalue weighted by molar-refractivity contribution is 7.92. The van der Waals surface area contributed by atoms with Gasteiger partial charge in [-0.15, -0.1) is 0 Å². The lowest BCUT2D eigenvalue weighted by atomic mass is 10.3. The Morgan fingerprint density at radius 2 is 2.00 bits per heavy atom. The van der Waals surface area contributed by atoms with Crippen LogP contribution in [0.5, 0.6) is 0 Å². The number of rotatable bonds is 3. The van der Waals surface area contributed by atoms with Gasteiger partial charge in [0.15, 0.2) is 0 Å². The monoisotopic (exact) mass is 297 g/mol. The Balaban J connectivity index is 2.38. The highest BCUT2D eigenvalue weighted by Crippen LogP contribution is 2.25. The van der Waals surface area contributed by atoms with E-state index in [1.807, 2.05) is 6.92 Å². The molecule has 19 heavy (non-hydrogen) atoms. The fraction of sp³-hybridized carbons (Fsp3) is 0.0833. The maximum atomic E-state index is 12.2. The standard InChI is InChI=1S/C12H12ClN3O2S/c1-8-4-5-15-12(6-8)16-19(17,18)11-3-2-9(14)7-10(11)13/h2-7H,14H2,1H3,(H,15,16). The van der Waals surface area contributed by atoms with Crippen molar-refractivity contribution in [3.05, 3.63) is 47.1 Å². The molecule has 0 radical (unpaired) electrons. The van der Waals surface area contributed by atoms with Crippen molar-refractivity contribution in [1.29, 1.82) is 0 Å². The van der Waals surface area contributed by atoms with Gasteiger partial charge in [0.05, 0.1) is 5.02 Å². The summed E-state index contributed by atoms with van der Waals surface area (Å²) >= 11 is 5.89. The van der Waals surface area contributed by atoms with Crippen LogP contribution in [0, 0.1) is 6.92 Å². The number of sulfonamides is 1. The number of benzene rings is 1. The summed E-state index contributed by atoms with van der Waals surface area (Å²) in [4.78, 5) is 3.90. The zero-order chi connectivity index (χ0) is 14.0. The van der Waals surface area contributed by atoms with Crippen molar-refractivity contribution in [3.8, 4) is 0 Å². The van der Waals surface area contributed by atoms with Crippen LogP contribution >= 0.6 is 11.6 Å². The average molecular weight is 298 g/mol. The van der Waals surface area contributed by atoms with Gasteiger partial charge in [0.1, 0.15) is 10.7 Å². The summed E-state index contributed by atoms with van der Waals surface area (Å²) in [6.07, 6.45) is 1.53. The Morgan fingerprint density at radius 3 is 2.63 bits per heavy atom. The minimum absolute atomic E-state index is 0.0355. The third-order valence-corrected chi connectivity index (χ3v) is 4.24. The lowest BCUT2D eigenvalue weighted by Crippen LogP contribution is -2.14. The van der Waals surface area contributed by atoms with E-state index in [0.29, 0.717) is 5.69 Å². The summed E-state index contributed by atoms with van der Waals surface area (Å²) in [6.45, 7) is 1.84. The van der Waals surface area contributed by atoms with Gasteiger partial charge in [-0.05, 0) is 42.8 Å². The molecule has 1 heterocycles. The predicted molar refractivity (Wildman–Crippen MR) is 75.6 cm³/mol. The molecule has 7 heteroatoms. The molecule has 0 saturated heterocycles. The lowest BCUT2D eigenvalue weighted by Gasteiger charge is -2.09. The molecule has 2 rings (SSSR count). The van der Waals surface area contributed by atoms with Crippen LogP contribution in [0.15, 0.2) is 41.4 Å². The molecule has 0 saturated carbocycles. The Bertz CT molecular complexity index is 717. The zero-order valence-corrected chi connectivity index (χ0v) is 11.7. The first-order valence-electron chi connectivity index (χ1n) is 5.39. The number of aryl methyl sites for hydroxylation is 1. The second-order valence-corrected chi connectivity index (χ2v) is 6.07. The van der Waals surface area contributed by atoms with E-state index in [-0.39, 0.29) is 15.7 Å². The van der Waals surface area contributed by atoms with E-state index >= 15 is 0 Å². The lowest BCUT2D eigenvalue weighted by molar-refractivity contribution is 0.601. The Hall–Kier alpha value is -1.79. The first kappa shape index (κ1) is 13.6. The number of nitrogen functional groups attached to an aromatic ring is 1. The van der Waals surface area contributed by atoms with Gasteiger partial charge in [-0.1, -0.05) is 11.6 Å². The van der Waals surface area contributed by atoms with Gasteiger partial charge < -0.3 is 5.73 Å². The van der Waals surface area contributed by atoms with Crippen LogP contribution < -0.4 is 10.5 Å². The maximum Gasteiger partial charge on any atom is 0.264 e. The van der Waals surface area contributed by atoms with Crippen LogP contribution in [-0.4, -0.2) is 13.4 Å². The molecular formula is C12H12ClN3O2S. The molecule has 0 bridgehead atoms. The molecule has 0 spiro atoms. The Morgan fingerprint density at radius 1 is 1.26 bits per heavy atom. The number of hydrogen-bond donors (Lipinski definition) is 2. The smallest absolute Gasteiger partial charge is 0.264 e. The second kappa shape index (κ2) is 5.07. The molecule has 0 aliphatic heterocycles. The van der Waals surface area contributed by atoms with E-state index in [9.17, 15) is 8.42 Å². The van der Waals surface area contributed by atoms with E-state index in [1.54, 1.807) is 12.1 Å². The molecule has 1 aromatic heterocycles. The number of nitrogens with zero attached hydrogens (tertiary/aromatic N) is 1. The van der Waals surface area contributed by atoms with Crippen molar-refractivity contribution >= 4 is 33.1 Å². The van der Waals surface area contributed by atoms with Crippen molar-refractivity contribution in [3.63, 3.8) is 0 Å². The topological polar surface area (TPSA) is 85.1 Å². The molecule has 0 fully saturated rings. The summed E-state index contributed by atoms with van der Waals surface area (Å²) in [6, 6.07) is 7.62. The predicted octanol–water partition coefficient (Wildman–Crippen LogP) is 2.43. The highest BCUT2D eigenvalue weighted by atomic mass is 35.5. The van der Waals surface area contributed by atoms with Crippen molar-refractivity contribution in [2.45, 2.75) is 11.8 Å². The first-order valence-corrected chi connectivity index (χ1v) is 7.25. The number of halogens is 1. The van der Waals surface area contributed by atoms with E-state index in [1.165, 1.54) is 24.4 Å². The molecule has 0 atom stereocenters. The number of anilines is 2. The van der Waals surface area contributed by atoms with Crippen LogP contribution in [0.1, 0.15) is 5.56 Å². The Kier molecular flexibility index (Phi) is 3.64. The molecule has 2 aromatic rings. The third kappa shape index (κ3) is 3.15. The molecule has 0 aliphatic rings. The summed E-state index contributed by atoms with van der Waals surface area (Å²) in [5, 5.41) is 0.0696. The Labute approximate surface area is 116 Å². The SMILES string of the molecule is Cc1ccnc(NS(=O)(=O)c2ccc(N)cc2Cl)c1. The van der Waals surface area contributed by atoms with Crippen molar-refractivity contribution in [2.75, 3.05) is 10.5 Å². The van der Waals surface area contributed by atoms with Crippen LogP contribution in [0.2, 0.25) is 5.02 Å². The van der Waals surface area contributed by atoms with Gasteiger partial charge in [0, 0.05) is 11.9 Å². The molecule has 100 valence electrons. The van der Waals surface area contributed by atoms with Gasteiger partial charge in [-0.2, -0.15) is 0 Å². The van der Waals surface area contributed by atoms with Gasteiger partial charge in [-0.3, -0.25) is 4.72 Å². The van der Waals surface area contributed by atoms with Gasteiger partial charge in [0.25, 0.3) is 10.0 Å². The van der Waals surface area contributed by atoms with Gasteiger partial charge in [0.2, 0.25) is 0 Å². The average Bonchev–Trinajstić information content (AvgIpc) is 2.27. The molecule has 3 N–H and O–H groups in total. The second-order valence-electron chi connectivity index (χ2n) is 4.01. The first-order chi connectivity index (χ1) is 8.88. The summed E-state index contributed by atoms with van der Waals surface area (Å²) < 4.78 is 26.7. The molecule has 0 amide bonds. The van der Waals surface area contributed by atoms with Crippen molar-refractivity contribution in [1.82, 2.24) is 4.98 Å². The quantitative estimate of drug-likeness (QED) is 0.852. The van der Waals surface area contributed by atoms with E-state index < -0.39 is 10.0 Å². The minimum atomic E-state index is -3.78. The van der Waals surface area contributed by atoms with Crippen molar-refractivity contribution < 1.29 is 8.42 Å². The summed E-state index contributed by atoms with van der Waals surface area (Å²) in [5.74, 6) is 0.243. The molecule has 1 aromatic carbocycles. The van der Waals surface area contributed by atoms with E-state index in [2.05, 4.69) is 9.71 Å². The maximum absolute atomic E-state index is 12.2.